The molecule has 0 aliphatic carbocycles. The van der Waals surface area contributed by atoms with E-state index in [1.807, 2.05) is 37.3 Å². The van der Waals surface area contributed by atoms with Gasteiger partial charge in [0, 0.05) is 17.7 Å². The maximum Gasteiger partial charge on any atom is 0.208 e. The topological polar surface area (TPSA) is 75.2 Å². The van der Waals surface area contributed by atoms with E-state index in [0.717, 1.165) is 34.6 Å². The van der Waals surface area contributed by atoms with E-state index >= 15 is 0 Å². The van der Waals surface area contributed by atoms with Crippen LogP contribution < -0.4 is 5.48 Å². The highest BCUT2D eigenvalue weighted by Crippen LogP contribution is 2.16. The number of thioether (sulfide) groups is 1. The minimum absolute atomic E-state index is 0.0195. The first-order valence-corrected chi connectivity index (χ1v) is 7.89. The molecule has 0 saturated heterocycles. The highest BCUT2D eigenvalue weighted by Gasteiger charge is 2.18. The molecule has 7 heteroatoms. The number of aromatic amines is 1. The lowest BCUT2D eigenvalue weighted by Crippen LogP contribution is -2.38. The van der Waals surface area contributed by atoms with Crippen molar-refractivity contribution < 1.29 is 4.84 Å². The van der Waals surface area contributed by atoms with Crippen LogP contribution in [-0.2, 0) is 11.3 Å². The Balaban J connectivity index is 1.52. The molecule has 1 aromatic carbocycles. The molecule has 2 heterocycles. The molecule has 110 valence electrons. The van der Waals surface area contributed by atoms with Crippen molar-refractivity contribution in [2.45, 2.75) is 24.6 Å². The van der Waals surface area contributed by atoms with Crippen molar-refractivity contribution in [1.29, 1.82) is 0 Å². The Morgan fingerprint density at radius 2 is 2.19 bits per heavy atom. The first-order chi connectivity index (χ1) is 10.3. The first-order valence-electron chi connectivity index (χ1n) is 6.90. The number of aliphatic imine (C=N–C) groups is 1. The Hall–Kier alpha value is -1.86. The quantitative estimate of drug-likeness (QED) is 0.824. The number of hydrogen-bond acceptors (Lipinski definition) is 6. The van der Waals surface area contributed by atoms with Gasteiger partial charge in [0.25, 0.3) is 0 Å². The van der Waals surface area contributed by atoms with Gasteiger partial charge in [-0.1, -0.05) is 49.0 Å². The van der Waals surface area contributed by atoms with E-state index in [1.54, 1.807) is 11.8 Å². The number of H-pyrrole nitrogens is 1. The zero-order valence-corrected chi connectivity index (χ0v) is 12.6. The van der Waals surface area contributed by atoms with E-state index < -0.39 is 0 Å². The summed E-state index contributed by atoms with van der Waals surface area (Å²) in [5.74, 6) is 2.45. The van der Waals surface area contributed by atoms with Gasteiger partial charge < -0.3 is 0 Å². The average molecular weight is 303 g/mol. The summed E-state index contributed by atoms with van der Waals surface area (Å²) in [6.45, 7) is 2.68. The van der Waals surface area contributed by atoms with Gasteiger partial charge in [-0.25, -0.2) is 10.5 Å². The Labute approximate surface area is 127 Å². The van der Waals surface area contributed by atoms with Crippen molar-refractivity contribution in [2.75, 3.05) is 12.3 Å². The summed E-state index contributed by atoms with van der Waals surface area (Å²) in [5.41, 5.74) is 3.96. The molecule has 3 rings (SSSR count). The van der Waals surface area contributed by atoms with E-state index in [2.05, 4.69) is 25.7 Å². The zero-order chi connectivity index (χ0) is 14.5. The van der Waals surface area contributed by atoms with Crippen LogP contribution in [0.25, 0.3) is 0 Å². The number of benzene rings is 1. The van der Waals surface area contributed by atoms with Crippen LogP contribution in [0.3, 0.4) is 0 Å². The van der Waals surface area contributed by atoms with Crippen LogP contribution in [0.1, 0.15) is 18.3 Å². The van der Waals surface area contributed by atoms with Gasteiger partial charge in [-0.2, -0.15) is 0 Å². The number of nitrogens with one attached hydrogen (secondary N) is 2. The maximum absolute atomic E-state index is 5.63. The summed E-state index contributed by atoms with van der Waals surface area (Å²) in [7, 11) is 0. The maximum atomic E-state index is 5.63. The highest BCUT2D eigenvalue weighted by molar-refractivity contribution is 7.99. The second-order valence-electron chi connectivity index (χ2n) is 4.63. The smallest absolute Gasteiger partial charge is 0.208 e. The predicted molar refractivity (Wildman–Crippen MR) is 82.3 cm³/mol. The predicted octanol–water partition coefficient (Wildman–Crippen LogP) is 1.81. The lowest BCUT2D eigenvalue weighted by molar-refractivity contribution is 0.0212. The lowest BCUT2D eigenvalue weighted by atomic mass is 10.2. The summed E-state index contributed by atoms with van der Waals surface area (Å²) in [6.07, 6.45) is 0.880. The van der Waals surface area contributed by atoms with E-state index in [0.29, 0.717) is 6.54 Å². The fourth-order valence-corrected chi connectivity index (χ4v) is 2.70. The fourth-order valence-electron chi connectivity index (χ4n) is 1.90. The van der Waals surface area contributed by atoms with Crippen molar-refractivity contribution in [1.82, 2.24) is 20.7 Å². The molecule has 1 atom stereocenters. The summed E-state index contributed by atoms with van der Waals surface area (Å²) in [5, 5.41) is 7.81. The highest BCUT2D eigenvalue weighted by atomic mass is 32.2. The molecular formula is C14H17N5OS. The van der Waals surface area contributed by atoms with Gasteiger partial charge in [0.15, 0.2) is 5.84 Å². The van der Waals surface area contributed by atoms with Crippen LogP contribution in [0.15, 0.2) is 40.5 Å². The van der Waals surface area contributed by atoms with Crippen molar-refractivity contribution in [2.24, 2.45) is 4.99 Å². The Bertz CT molecular complexity index is 613. The SMILES string of the molecule is CCc1nc(SC[C@H]2CN=C(c3ccccc3)NO2)n[nH]1. The molecule has 6 nitrogen and oxygen atoms in total. The van der Waals surface area contributed by atoms with Gasteiger partial charge in [-0.05, 0) is 0 Å². The minimum atomic E-state index is 0.0195. The molecule has 0 saturated carbocycles. The summed E-state index contributed by atoms with van der Waals surface area (Å²) in [4.78, 5) is 14.5. The fraction of sp³-hybridized carbons (Fsp3) is 0.357. The summed E-state index contributed by atoms with van der Waals surface area (Å²) < 4.78 is 0. The van der Waals surface area contributed by atoms with Gasteiger partial charge in [-0.15, -0.1) is 5.10 Å². The van der Waals surface area contributed by atoms with Gasteiger partial charge >= 0.3 is 0 Å². The molecule has 2 aromatic rings. The number of amidine groups is 1. The molecule has 2 N–H and O–H groups in total. The second kappa shape index (κ2) is 6.73. The third kappa shape index (κ3) is 3.62. The van der Waals surface area contributed by atoms with Crippen LogP contribution in [-0.4, -0.2) is 39.4 Å². The number of aryl methyl sites for hydroxylation is 1. The molecule has 0 amide bonds. The van der Waals surface area contributed by atoms with Crippen molar-refractivity contribution in [3.63, 3.8) is 0 Å². The zero-order valence-electron chi connectivity index (χ0n) is 11.7. The van der Waals surface area contributed by atoms with Crippen LogP contribution in [0.2, 0.25) is 0 Å². The number of hydrogen-bond donors (Lipinski definition) is 2. The molecule has 1 aromatic heterocycles. The number of rotatable bonds is 5. The molecule has 0 fully saturated rings. The molecule has 0 spiro atoms. The second-order valence-corrected chi connectivity index (χ2v) is 5.61. The van der Waals surface area contributed by atoms with Crippen molar-refractivity contribution >= 4 is 17.6 Å². The van der Waals surface area contributed by atoms with E-state index in [4.69, 9.17) is 4.84 Å². The average Bonchev–Trinajstić information content (AvgIpc) is 3.02. The van der Waals surface area contributed by atoms with E-state index in [9.17, 15) is 0 Å². The molecule has 21 heavy (non-hydrogen) atoms. The Kier molecular flexibility index (Phi) is 4.52. The number of aromatic nitrogens is 3. The van der Waals surface area contributed by atoms with Gasteiger partial charge in [0.05, 0.1) is 6.54 Å². The third-order valence-corrected chi connectivity index (χ3v) is 4.05. The number of nitrogens with zero attached hydrogens (tertiary/aromatic N) is 3. The van der Waals surface area contributed by atoms with Crippen molar-refractivity contribution in [3.8, 4) is 0 Å². The van der Waals surface area contributed by atoms with Crippen molar-refractivity contribution in [3.05, 3.63) is 41.7 Å². The molecule has 0 unspecified atom stereocenters. The largest absolute Gasteiger partial charge is 0.269 e. The molecule has 0 radical (unpaired) electrons. The summed E-state index contributed by atoms with van der Waals surface area (Å²) in [6, 6.07) is 9.95. The molecule has 1 aliphatic rings. The normalized spacial score (nSPS) is 18.1. The van der Waals surface area contributed by atoms with Crippen LogP contribution in [0.5, 0.6) is 0 Å². The minimum Gasteiger partial charge on any atom is -0.269 e. The third-order valence-electron chi connectivity index (χ3n) is 3.07. The Morgan fingerprint density at radius 3 is 2.86 bits per heavy atom. The Morgan fingerprint density at radius 1 is 1.33 bits per heavy atom. The summed E-state index contributed by atoms with van der Waals surface area (Å²) >= 11 is 1.57. The van der Waals surface area contributed by atoms with Crippen LogP contribution in [0.4, 0.5) is 0 Å². The first kappa shape index (κ1) is 14.1. The monoisotopic (exact) mass is 303 g/mol. The van der Waals surface area contributed by atoms with Gasteiger partial charge in [-0.3, -0.25) is 14.9 Å². The van der Waals surface area contributed by atoms with E-state index in [1.165, 1.54) is 0 Å². The molecule has 1 aliphatic heterocycles. The van der Waals surface area contributed by atoms with Crippen LogP contribution in [0, 0.1) is 0 Å². The lowest BCUT2D eigenvalue weighted by Gasteiger charge is -2.22. The number of hydroxylamine groups is 1. The van der Waals surface area contributed by atoms with Gasteiger partial charge in [0.2, 0.25) is 5.16 Å². The standard InChI is InChI=1S/C14H17N5OS/c1-2-12-16-14(18-17-12)21-9-11-8-15-13(19-20-11)10-6-4-3-5-7-10/h3-7,11H,2,8-9H2,1H3,(H,15,19)(H,16,17,18)/t11-/m1/s1. The van der Waals surface area contributed by atoms with Crippen LogP contribution >= 0.6 is 11.8 Å². The molecule has 0 bridgehead atoms. The van der Waals surface area contributed by atoms with Gasteiger partial charge in [0.1, 0.15) is 11.9 Å². The molecular weight excluding hydrogens is 286 g/mol. The van der Waals surface area contributed by atoms with E-state index in [-0.39, 0.29) is 6.10 Å².